The maximum atomic E-state index is 2.77. The molecule has 2 aliphatic heterocycles. The molecule has 4 rings (SSSR count). The molecule has 2 nitrogen and oxygen atoms in total. The van der Waals surface area contributed by atoms with E-state index in [0.29, 0.717) is 0 Å². The van der Waals surface area contributed by atoms with Crippen molar-refractivity contribution in [1.29, 1.82) is 0 Å². The molecule has 2 aliphatic carbocycles. The van der Waals surface area contributed by atoms with E-state index in [0.717, 1.165) is 23.8 Å². The van der Waals surface area contributed by atoms with Gasteiger partial charge in [-0.2, -0.15) is 0 Å². The number of allylic oxidation sites excluding steroid dienone is 2. The summed E-state index contributed by atoms with van der Waals surface area (Å²) < 4.78 is 0. The molecular formula is C17H28N2. The van der Waals surface area contributed by atoms with Gasteiger partial charge in [-0.05, 0) is 82.5 Å². The lowest BCUT2D eigenvalue weighted by atomic mass is 9.92. The van der Waals surface area contributed by atoms with E-state index in [2.05, 4.69) is 22.0 Å². The summed E-state index contributed by atoms with van der Waals surface area (Å²) in [5.74, 6) is 2.86. The number of hydrogen-bond donors (Lipinski definition) is 0. The predicted octanol–water partition coefficient (Wildman–Crippen LogP) is 2.76. The fourth-order valence-electron chi connectivity index (χ4n) is 5.01. The number of hydrogen-bond acceptors (Lipinski definition) is 2. The van der Waals surface area contributed by atoms with Crippen LogP contribution in [-0.2, 0) is 0 Å². The Hall–Kier alpha value is -0.340. The Kier molecular flexibility index (Phi) is 3.40. The molecule has 2 saturated heterocycles. The Morgan fingerprint density at radius 2 is 1.68 bits per heavy atom. The number of fused-ring (bicyclic) bond motifs is 2. The average Bonchev–Trinajstić information content (AvgIpc) is 3.17. The van der Waals surface area contributed by atoms with Crippen molar-refractivity contribution in [2.45, 2.75) is 44.6 Å². The zero-order valence-corrected chi connectivity index (χ0v) is 12.1. The van der Waals surface area contributed by atoms with Crippen molar-refractivity contribution in [3.63, 3.8) is 0 Å². The fourth-order valence-corrected chi connectivity index (χ4v) is 5.01. The van der Waals surface area contributed by atoms with Crippen LogP contribution in [0.5, 0.6) is 0 Å². The van der Waals surface area contributed by atoms with Crippen molar-refractivity contribution in [2.24, 2.45) is 17.8 Å². The largest absolute Gasteiger partial charge is 0.303 e. The first-order valence-corrected chi connectivity index (χ1v) is 8.53. The molecule has 0 unspecified atom stereocenters. The summed E-state index contributed by atoms with van der Waals surface area (Å²) in [4.78, 5) is 5.53. The van der Waals surface area contributed by atoms with E-state index >= 15 is 0 Å². The molecule has 3 fully saturated rings. The van der Waals surface area contributed by atoms with E-state index in [4.69, 9.17) is 0 Å². The molecule has 2 heteroatoms. The third-order valence-corrected chi connectivity index (χ3v) is 6.12. The average molecular weight is 260 g/mol. The molecule has 0 radical (unpaired) electrons. The van der Waals surface area contributed by atoms with Crippen LogP contribution in [0.2, 0.25) is 0 Å². The summed E-state index contributed by atoms with van der Waals surface area (Å²) in [5, 5.41) is 0. The van der Waals surface area contributed by atoms with Gasteiger partial charge in [-0.25, -0.2) is 0 Å². The van der Waals surface area contributed by atoms with Gasteiger partial charge in [0.2, 0.25) is 0 Å². The third kappa shape index (κ3) is 2.50. The van der Waals surface area contributed by atoms with E-state index in [-0.39, 0.29) is 0 Å². The summed E-state index contributed by atoms with van der Waals surface area (Å²) in [6.07, 6.45) is 13.7. The number of nitrogens with zero attached hydrogens (tertiary/aromatic N) is 2. The van der Waals surface area contributed by atoms with Gasteiger partial charge < -0.3 is 9.80 Å². The lowest BCUT2D eigenvalue weighted by Crippen LogP contribution is -2.45. The number of likely N-dealkylation sites (tertiary alicyclic amines) is 2. The minimum absolute atomic E-state index is 0.915. The normalized spacial score (nSPS) is 40.5. The minimum Gasteiger partial charge on any atom is -0.303 e. The van der Waals surface area contributed by atoms with E-state index < -0.39 is 0 Å². The Balaban J connectivity index is 1.25. The first kappa shape index (κ1) is 12.4. The van der Waals surface area contributed by atoms with Crippen LogP contribution in [0, 0.1) is 17.8 Å². The smallest absolute Gasteiger partial charge is 0.0120 e. The Labute approximate surface area is 117 Å². The second kappa shape index (κ2) is 5.21. The van der Waals surface area contributed by atoms with E-state index in [1.54, 1.807) is 0 Å². The van der Waals surface area contributed by atoms with Gasteiger partial charge in [0.15, 0.2) is 0 Å². The van der Waals surface area contributed by atoms with Crippen LogP contribution in [0.1, 0.15) is 38.5 Å². The van der Waals surface area contributed by atoms with Crippen LogP contribution < -0.4 is 0 Å². The van der Waals surface area contributed by atoms with Crippen molar-refractivity contribution in [3.8, 4) is 0 Å². The van der Waals surface area contributed by atoms with Crippen molar-refractivity contribution in [2.75, 3.05) is 32.7 Å². The van der Waals surface area contributed by atoms with Gasteiger partial charge in [-0.3, -0.25) is 0 Å². The molecule has 2 heterocycles. The van der Waals surface area contributed by atoms with Crippen LogP contribution in [0.15, 0.2) is 12.2 Å². The second-order valence-electron chi connectivity index (χ2n) is 7.32. The SMILES string of the molecule is C1=C[C@@H]2C[C@H]1C[C@H]2CN1CCC(N2CCCC2)CC1. The van der Waals surface area contributed by atoms with Crippen LogP contribution >= 0.6 is 0 Å². The number of piperidine rings is 1. The van der Waals surface area contributed by atoms with Crippen LogP contribution in [0.25, 0.3) is 0 Å². The first-order valence-electron chi connectivity index (χ1n) is 8.53. The van der Waals surface area contributed by atoms with Gasteiger partial charge in [0.25, 0.3) is 0 Å². The van der Waals surface area contributed by atoms with E-state index in [1.165, 1.54) is 71.2 Å². The Morgan fingerprint density at radius 3 is 2.32 bits per heavy atom. The van der Waals surface area contributed by atoms with Gasteiger partial charge in [-0.1, -0.05) is 12.2 Å². The highest BCUT2D eigenvalue weighted by Gasteiger charge is 2.37. The van der Waals surface area contributed by atoms with Crippen LogP contribution in [-0.4, -0.2) is 48.6 Å². The Morgan fingerprint density at radius 1 is 0.895 bits per heavy atom. The highest BCUT2D eigenvalue weighted by Crippen LogP contribution is 2.43. The molecule has 0 aromatic rings. The molecule has 0 spiro atoms. The van der Waals surface area contributed by atoms with Gasteiger partial charge in [0, 0.05) is 12.6 Å². The standard InChI is InChI=1S/C17H28N2/c1-2-8-19(7-1)17-5-9-18(10-6-17)13-16-12-14-3-4-15(16)11-14/h3-4,14-17H,1-2,5-13H2/t14-,15+,16-/m0/s1. The molecule has 19 heavy (non-hydrogen) atoms. The quantitative estimate of drug-likeness (QED) is 0.720. The zero-order valence-electron chi connectivity index (χ0n) is 12.1. The fraction of sp³-hybridized carbons (Fsp3) is 0.882. The van der Waals surface area contributed by atoms with Crippen LogP contribution in [0.3, 0.4) is 0 Å². The molecule has 0 aromatic carbocycles. The maximum absolute atomic E-state index is 2.77. The molecule has 0 aromatic heterocycles. The zero-order chi connectivity index (χ0) is 12.7. The monoisotopic (exact) mass is 260 g/mol. The molecule has 0 N–H and O–H groups in total. The van der Waals surface area contributed by atoms with Gasteiger partial charge in [0.1, 0.15) is 0 Å². The summed E-state index contributed by atoms with van der Waals surface area (Å²) in [7, 11) is 0. The van der Waals surface area contributed by atoms with Gasteiger partial charge in [-0.15, -0.1) is 0 Å². The van der Waals surface area contributed by atoms with E-state index in [1.807, 2.05) is 0 Å². The van der Waals surface area contributed by atoms with Crippen molar-refractivity contribution in [3.05, 3.63) is 12.2 Å². The molecule has 4 aliphatic rings. The molecular weight excluding hydrogens is 232 g/mol. The minimum atomic E-state index is 0.915. The molecule has 1 saturated carbocycles. The lowest BCUT2D eigenvalue weighted by molar-refractivity contribution is 0.111. The Bertz CT molecular complexity index is 337. The van der Waals surface area contributed by atoms with Gasteiger partial charge in [0.05, 0.1) is 0 Å². The maximum Gasteiger partial charge on any atom is 0.0120 e. The molecule has 0 amide bonds. The van der Waals surface area contributed by atoms with Crippen LogP contribution in [0.4, 0.5) is 0 Å². The first-order chi connectivity index (χ1) is 9.38. The lowest BCUT2D eigenvalue weighted by Gasteiger charge is -2.38. The molecule has 3 atom stereocenters. The van der Waals surface area contributed by atoms with Crippen molar-refractivity contribution >= 4 is 0 Å². The highest BCUT2D eigenvalue weighted by atomic mass is 15.2. The molecule has 106 valence electrons. The predicted molar refractivity (Wildman–Crippen MR) is 79.1 cm³/mol. The topological polar surface area (TPSA) is 6.48 Å². The summed E-state index contributed by atoms with van der Waals surface area (Å²) in [5.41, 5.74) is 0. The summed E-state index contributed by atoms with van der Waals surface area (Å²) in [6, 6.07) is 0.915. The van der Waals surface area contributed by atoms with Crippen molar-refractivity contribution < 1.29 is 0 Å². The highest BCUT2D eigenvalue weighted by molar-refractivity contribution is 5.10. The summed E-state index contributed by atoms with van der Waals surface area (Å²) >= 11 is 0. The molecule has 2 bridgehead atoms. The summed E-state index contributed by atoms with van der Waals surface area (Å²) in [6.45, 7) is 6.86. The second-order valence-corrected chi connectivity index (χ2v) is 7.32. The number of rotatable bonds is 3. The van der Waals surface area contributed by atoms with E-state index in [9.17, 15) is 0 Å². The van der Waals surface area contributed by atoms with Gasteiger partial charge >= 0.3 is 0 Å². The third-order valence-electron chi connectivity index (χ3n) is 6.12. The van der Waals surface area contributed by atoms with Crippen molar-refractivity contribution in [1.82, 2.24) is 9.80 Å².